The van der Waals surface area contributed by atoms with Crippen molar-refractivity contribution in [2.75, 3.05) is 23.1 Å². The number of amides is 3. The lowest BCUT2D eigenvalue weighted by molar-refractivity contribution is -0.115. The van der Waals surface area contributed by atoms with Crippen molar-refractivity contribution in [3.8, 4) is 5.75 Å². The first-order valence-corrected chi connectivity index (χ1v) is 9.23. The molecule has 7 nitrogen and oxygen atoms in total. The van der Waals surface area contributed by atoms with Crippen LogP contribution in [0.25, 0.3) is 0 Å². The summed E-state index contributed by atoms with van der Waals surface area (Å²) in [6, 6.07) is 9.50. The molecule has 0 radical (unpaired) electrons. The molecule has 29 heavy (non-hydrogen) atoms. The number of ether oxygens (including phenoxy) is 1. The fourth-order valence-corrected chi connectivity index (χ4v) is 3.09. The van der Waals surface area contributed by atoms with E-state index >= 15 is 0 Å². The van der Waals surface area contributed by atoms with Crippen LogP contribution in [0.2, 0.25) is 0 Å². The van der Waals surface area contributed by atoms with E-state index < -0.39 is 23.6 Å². The zero-order valence-electron chi connectivity index (χ0n) is 15.2. The number of thiazole rings is 1. The molecule has 3 aromatic rings. The standard InChI is InChI=1S/C19H16F2N4O3S/c1-28-16-5-3-2-4-15(16)24-18(27)25-19-23-12(10-29-19)9-17(26)22-11-6-7-13(20)14(21)8-11/h2-8,10H,9H2,1H3,(H,22,26)(H2,23,24,25,27). The third-order valence-electron chi connectivity index (χ3n) is 3.67. The minimum absolute atomic E-state index is 0.0920. The van der Waals surface area contributed by atoms with Crippen LogP contribution in [0, 0.1) is 11.6 Å². The molecule has 10 heteroatoms. The molecule has 0 saturated heterocycles. The largest absolute Gasteiger partial charge is 0.495 e. The number of para-hydroxylation sites is 2. The number of hydrogen-bond donors (Lipinski definition) is 3. The van der Waals surface area contributed by atoms with Crippen molar-refractivity contribution in [3.05, 3.63) is 65.2 Å². The average molecular weight is 418 g/mol. The Hall–Kier alpha value is -3.53. The molecule has 0 fully saturated rings. The molecular weight excluding hydrogens is 402 g/mol. The first kappa shape index (κ1) is 20.2. The van der Waals surface area contributed by atoms with Crippen LogP contribution in [-0.2, 0) is 11.2 Å². The lowest BCUT2D eigenvalue weighted by Gasteiger charge is -2.09. The molecule has 3 amide bonds. The van der Waals surface area contributed by atoms with Gasteiger partial charge in [-0.15, -0.1) is 11.3 Å². The Labute approximate surface area is 168 Å². The van der Waals surface area contributed by atoms with Crippen LogP contribution in [0.5, 0.6) is 5.75 Å². The molecule has 0 aliphatic rings. The van der Waals surface area contributed by atoms with Gasteiger partial charge in [0.1, 0.15) is 5.75 Å². The van der Waals surface area contributed by atoms with Crippen LogP contribution >= 0.6 is 11.3 Å². The monoisotopic (exact) mass is 418 g/mol. The van der Waals surface area contributed by atoms with E-state index in [0.29, 0.717) is 22.3 Å². The maximum atomic E-state index is 13.2. The van der Waals surface area contributed by atoms with Crippen molar-refractivity contribution in [3.63, 3.8) is 0 Å². The van der Waals surface area contributed by atoms with Crippen molar-refractivity contribution in [1.29, 1.82) is 0 Å². The molecule has 0 unspecified atom stereocenters. The number of halogens is 2. The highest BCUT2D eigenvalue weighted by Gasteiger charge is 2.12. The Morgan fingerprint density at radius 1 is 1.07 bits per heavy atom. The normalized spacial score (nSPS) is 10.3. The van der Waals surface area contributed by atoms with Gasteiger partial charge in [-0.3, -0.25) is 10.1 Å². The van der Waals surface area contributed by atoms with E-state index in [0.717, 1.165) is 23.5 Å². The van der Waals surface area contributed by atoms with Crippen LogP contribution < -0.4 is 20.7 Å². The zero-order chi connectivity index (χ0) is 20.8. The third kappa shape index (κ3) is 5.48. The Bertz CT molecular complexity index is 1040. The summed E-state index contributed by atoms with van der Waals surface area (Å²) < 4.78 is 31.3. The van der Waals surface area contributed by atoms with E-state index in [1.807, 2.05) is 0 Å². The molecule has 150 valence electrons. The molecule has 1 aromatic heterocycles. The quantitative estimate of drug-likeness (QED) is 0.558. The Morgan fingerprint density at radius 3 is 2.62 bits per heavy atom. The van der Waals surface area contributed by atoms with E-state index in [2.05, 4.69) is 20.9 Å². The van der Waals surface area contributed by atoms with Crippen molar-refractivity contribution in [2.24, 2.45) is 0 Å². The van der Waals surface area contributed by atoms with Crippen LogP contribution in [-0.4, -0.2) is 24.0 Å². The summed E-state index contributed by atoms with van der Waals surface area (Å²) in [6.45, 7) is 0. The predicted molar refractivity (Wildman–Crippen MR) is 106 cm³/mol. The molecule has 0 bridgehead atoms. The second kappa shape index (κ2) is 9.11. The van der Waals surface area contributed by atoms with Gasteiger partial charge < -0.3 is 15.4 Å². The average Bonchev–Trinajstić information content (AvgIpc) is 3.11. The molecule has 0 atom stereocenters. The molecule has 0 saturated carbocycles. The maximum Gasteiger partial charge on any atom is 0.325 e. The second-order valence-corrected chi connectivity index (χ2v) is 6.64. The number of carbonyl (C=O) groups excluding carboxylic acids is 2. The van der Waals surface area contributed by atoms with E-state index in [1.54, 1.807) is 29.6 Å². The first-order chi connectivity index (χ1) is 13.9. The topological polar surface area (TPSA) is 92.3 Å². The first-order valence-electron chi connectivity index (χ1n) is 8.35. The zero-order valence-corrected chi connectivity index (χ0v) is 16.0. The van der Waals surface area contributed by atoms with E-state index in [1.165, 1.54) is 13.2 Å². The van der Waals surface area contributed by atoms with Crippen molar-refractivity contribution in [1.82, 2.24) is 4.98 Å². The smallest absolute Gasteiger partial charge is 0.325 e. The molecule has 2 aromatic carbocycles. The summed E-state index contributed by atoms with van der Waals surface area (Å²) >= 11 is 1.15. The van der Waals surface area contributed by atoms with E-state index in [-0.39, 0.29) is 12.1 Å². The minimum atomic E-state index is -1.05. The Morgan fingerprint density at radius 2 is 1.86 bits per heavy atom. The number of urea groups is 1. The van der Waals surface area contributed by atoms with Gasteiger partial charge in [-0.05, 0) is 24.3 Å². The summed E-state index contributed by atoms with van der Waals surface area (Å²) in [5, 5.41) is 9.60. The van der Waals surface area contributed by atoms with Crippen LogP contribution in [0.15, 0.2) is 47.8 Å². The fourth-order valence-electron chi connectivity index (χ4n) is 2.39. The summed E-state index contributed by atoms with van der Waals surface area (Å²) in [6.07, 6.45) is -0.0920. The highest BCUT2D eigenvalue weighted by Crippen LogP contribution is 2.24. The maximum absolute atomic E-state index is 13.2. The van der Waals surface area contributed by atoms with Crippen LogP contribution in [0.3, 0.4) is 0 Å². The lowest BCUT2D eigenvalue weighted by Crippen LogP contribution is -2.20. The predicted octanol–water partition coefficient (Wildman–Crippen LogP) is 4.26. The van der Waals surface area contributed by atoms with Gasteiger partial charge in [-0.25, -0.2) is 18.6 Å². The Balaban J connectivity index is 1.55. The third-order valence-corrected chi connectivity index (χ3v) is 4.48. The number of rotatable bonds is 6. The summed E-state index contributed by atoms with van der Waals surface area (Å²) in [5.74, 6) is -1.99. The van der Waals surface area contributed by atoms with E-state index in [9.17, 15) is 18.4 Å². The van der Waals surface area contributed by atoms with Gasteiger partial charge in [0.25, 0.3) is 0 Å². The second-order valence-electron chi connectivity index (χ2n) is 5.78. The van der Waals surface area contributed by atoms with Gasteiger partial charge >= 0.3 is 6.03 Å². The summed E-state index contributed by atoms with van der Waals surface area (Å²) in [7, 11) is 1.50. The lowest BCUT2D eigenvalue weighted by atomic mass is 10.2. The van der Waals surface area contributed by atoms with Crippen LogP contribution in [0.1, 0.15) is 5.69 Å². The van der Waals surface area contributed by atoms with Gasteiger partial charge in [0.05, 0.1) is 24.9 Å². The molecule has 0 aliphatic carbocycles. The van der Waals surface area contributed by atoms with Gasteiger partial charge in [-0.1, -0.05) is 12.1 Å². The molecular formula is C19H16F2N4O3S. The van der Waals surface area contributed by atoms with Crippen molar-refractivity contribution >= 4 is 39.8 Å². The Kier molecular flexibility index (Phi) is 6.35. The number of nitrogens with zero attached hydrogens (tertiary/aromatic N) is 1. The number of nitrogens with one attached hydrogen (secondary N) is 3. The van der Waals surface area contributed by atoms with Crippen molar-refractivity contribution < 1.29 is 23.1 Å². The summed E-state index contributed by atoms with van der Waals surface area (Å²) in [5.41, 5.74) is 1.05. The van der Waals surface area contributed by atoms with Crippen molar-refractivity contribution in [2.45, 2.75) is 6.42 Å². The highest BCUT2D eigenvalue weighted by molar-refractivity contribution is 7.14. The van der Waals surface area contributed by atoms with Gasteiger partial charge in [-0.2, -0.15) is 0 Å². The van der Waals surface area contributed by atoms with Gasteiger partial charge in [0.15, 0.2) is 16.8 Å². The SMILES string of the molecule is COc1ccccc1NC(=O)Nc1nc(CC(=O)Nc2ccc(F)c(F)c2)cs1. The fraction of sp³-hybridized carbons (Fsp3) is 0.105. The molecule has 0 aliphatic heterocycles. The minimum Gasteiger partial charge on any atom is -0.495 e. The molecule has 3 rings (SSSR count). The van der Waals surface area contributed by atoms with E-state index in [4.69, 9.17) is 4.74 Å². The molecule has 3 N–H and O–H groups in total. The number of methoxy groups -OCH3 is 1. The number of benzene rings is 2. The summed E-state index contributed by atoms with van der Waals surface area (Å²) in [4.78, 5) is 28.3. The molecule has 0 spiro atoms. The highest BCUT2D eigenvalue weighted by atomic mass is 32.1. The van der Waals surface area contributed by atoms with Crippen LogP contribution in [0.4, 0.5) is 30.1 Å². The number of hydrogen-bond acceptors (Lipinski definition) is 5. The number of anilines is 3. The van der Waals surface area contributed by atoms with Gasteiger partial charge in [0, 0.05) is 17.1 Å². The number of aromatic nitrogens is 1. The van der Waals surface area contributed by atoms with Gasteiger partial charge in [0.2, 0.25) is 5.91 Å². The molecule has 1 heterocycles. The number of carbonyl (C=O) groups is 2.